The van der Waals surface area contributed by atoms with Crippen LogP contribution in [0.5, 0.6) is 0 Å². The molecular weight excluding hydrogens is 224 g/mol. The van der Waals surface area contributed by atoms with Crippen LogP contribution in [-0.2, 0) is 4.79 Å². The monoisotopic (exact) mass is 250 g/mol. The third-order valence-electron chi connectivity index (χ3n) is 5.40. The smallest absolute Gasteiger partial charge is 0.245 e. The molecule has 102 valence electrons. The molecule has 0 bridgehead atoms. The number of rotatable bonds is 2. The largest absolute Gasteiger partial charge is 0.338 e. The molecule has 1 unspecified atom stereocenters. The summed E-state index contributed by atoms with van der Waals surface area (Å²) in [4.78, 5) is 16.2. The summed E-state index contributed by atoms with van der Waals surface area (Å²) in [5.41, 5.74) is 0.635. The molecule has 1 saturated heterocycles. The molecule has 3 nitrogen and oxygen atoms in total. The van der Waals surface area contributed by atoms with Gasteiger partial charge in [0.2, 0.25) is 5.91 Å². The summed E-state index contributed by atoms with van der Waals surface area (Å²) in [6, 6.07) is 0.568. The minimum absolute atomic E-state index is 0.0711. The molecule has 3 atom stereocenters. The maximum atomic E-state index is 11.7. The molecule has 3 heteroatoms. The highest BCUT2D eigenvalue weighted by atomic mass is 16.2. The van der Waals surface area contributed by atoms with Crippen molar-refractivity contribution in [1.29, 1.82) is 0 Å². The highest BCUT2D eigenvalue weighted by molar-refractivity contribution is 5.87. The lowest BCUT2D eigenvalue weighted by Gasteiger charge is -2.36. The van der Waals surface area contributed by atoms with Gasteiger partial charge in [-0.2, -0.15) is 0 Å². The molecule has 0 radical (unpaired) electrons. The number of likely N-dealkylation sites (tertiary alicyclic amines) is 1. The number of hydrogen-bond acceptors (Lipinski definition) is 2. The van der Waals surface area contributed by atoms with E-state index in [0.717, 1.165) is 13.1 Å². The third-order valence-corrected chi connectivity index (χ3v) is 5.40. The summed E-state index contributed by atoms with van der Waals surface area (Å²) in [7, 11) is 2.21. The number of carbonyl (C=O) groups excluding carboxylic acids is 1. The molecule has 0 aromatic rings. The third kappa shape index (κ3) is 1.56. The second-order valence-electron chi connectivity index (χ2n) is 7.42. The lowest BCUT2D eigenvalue weighted by atomic mass is 10.0. The van der Waals surface area contributed by atoms with Crippen molar-refractivity contribution in [1.82, 2.24) is 9.80 Å². The van der Waals surface area contributed by atoms with Crippen molar-refractivity contribution < 1.29 is 4.79 Å². The lowest BCUT2D eigenvalue weighted by Crippen LogP contribution is -2.46. The van der Waals surface area contributed by atoms with Crippen LogP contribution in [0.2, 0.25) is 0 Å². The fourth-order valence-electron chi connectivity index (χ4n) is 3.83. The van der Waals surface area contributed by atoms with Crippen LogP contribution in [0, 0.1) is 10.8 Å². The first-order chi connectivity index (χ1) is 8.08. The van der Waals surface area contributed by atoms with E-state index in [-0.39, 0.29) is 22.3 Å². The van der Waals surface area contributed by atoms with Gasteiger partial charge in [-0.3, -0.25) is 9.69 Å². The van der Waals surface area contributed by atoms with E-state index >= 15 is 0 Å². The van der Waals surface area contributed by atoms with Gasteiger partial charge in [-0.25, -0.2) is 0 Å². The van der Waals surface area contributed by atoms with E-state index in [1.807, 2.05) is 4.90 Å². The molecule has 0 aromatic carbocycles. The number of piperidine rings is 1. The summed E-state index contributed by atoms with van der Waals surface area (Å²) in [6.07, 6.45) is 1.43. The average molecular weight is 250 g/mol. The number of carbonyl (C=O) groups is 1. The van der Waals surface area contributed by atoms with E-state index < -0.39 is 0 Å². The van der Waals surface area contributed by atoms with E-state index in [2.05, 4.69) is 53.1 Å². The van der Waals surface area contributed by atoms with Gasteiger partial charge in [0.25, 0.3) is 0 Å². The zero-order valence-electron chi connectivity index (χ0n) is 12.6. The Labute approximate surface area is 111 Å². The van der Waals surface area contributed by atoms with Crippen LogP contribution in [0.25, 0.3) is 0 Å². The summed E-state index contributed by atoms with van der Waals surface area (Å²) in [5.74, 6) is 0.0711. The fraction of sp³-hybridized carbons (Fsp3) is 0.800. The van der Waals surface area contributed by atoms with E-state index in [9.17, 15) is 4.79 Å². The minimum Gasteiger partial charge on any atom is -0.338 e. The Kier molecular flexibility index (Phi) is 2.72. The van der Waals surface area contributed by atoms with Crippen molar-refractivity contribution in [2.45, 2.75) is 46.2 Å². The van der Waals surface area contributed by atoms with Gasteiger partial charge >= 0.3 is 0 Å². The van der Waals surface area contributed by atoms with Crippen molar-refractivity contribution >= 4 is 5.91 Å². The van der Waals surface area contributed by atoms with Gasteiger partial charge < -0.3 is 4.90 Å². The van der Waals surface area contributed by atoms with Crippen LogP contribution in [0.3, 0.4) is 0 Å². The molecule has 1 aliphatic carbocycles. The molecule has 1 amide bonds. The Bertz CT molecular complexity index is 380. The van der Waals surface area contributed by atoms with Gasteiger partial charge in [0.1, 0.15) is 0 Å². The number of hydrogen-bond donors (Lipinski definition) is 0. The number of amides is 1. The summed E-state index contributed by atoms with van der Waals surface area (Å²) in [6.45, 7) is 16.7. The SMILES string of the molecule is C=CC(=O)N1C[C@@]2(C)C(N(C)C(C)(C)C)[C@@]2(C)C1. The second-order valence-corrected chi connectivity index (χ2v) is 7.42. The minimum atomic E-state index is 0.0711. The lowest BCUT2D eigenvalue weighted by molar-refractivity contribution is -0.126. The molecule has 0 spiro atoms. The quantitative estimate of drug-likeness (QED) is 0.701. The van der Waals surface area contributed by atoms with Gasteiger partial charge in [-0.15, -0.1) is 0 Å². The van der Waals surface area contributed by atoms with Crippen molar-refractivity contribution in [3.05, 3.63) is 12.7 Å². The zero-order chi connectivity index (χ0) is 13.9. The second kappa shape index (κ2) is 3.60. The Morgan fingerprint density at radius 2 is 1.78 bits per heavy atom. The van der Waals surface area contributed by atoms with E-state index in [0.29, 0.717) is 6.04 Å². The molecular formula is C15H26N2O. The topological polar surface area (TPSA) is 23.6 Å². The van der Waals surface area contributed by atoms with E-state index in [1.54, 1.807) is 0 Å². The Morgan fingerprint density at radius 1 is 1.33 bits per heavy atom. The molecule has 2 fully saturated rings. The first-order valence-corrected chi connectivity index (χ1v) is 6.72. The molecule has 18 heavy (non-hydrogen) atoms. The Hall–Kier alpha value is -0.830. The highest BCUT2D eigenvalue weighted by Crippen LogP contribution is 2.70. The molecule has 0 aromatic heterocycles. The first-order valence-electron chi connectivity index (χ1n) is 6.72. The Balaban J connectivity index is 2.16. The molecule has 1 aliphatic heterocycles. The first kappa shape index (κ1) is 13.6. The maximum absolute atomic E-state index is 11.7. The van der Waals surface area contributed by atoms with Crippen molar-refractivity contribution in [2.75, 3.05) is 20.1 Å². The van der Waals surface area contributed by atoms with Crippen LogP contribution in [0.1, 0.15) is 34.6 Å². The molecule has 1 saturated carbocycles. The standard InChI is InChI=1S/C15H26N2O/c1-8-11(18)17-9-14(5)12(15(14,6)10-17)16(7)13(2,3)4/h8,12H,1,9-10H2,2-7H3/t12?,14-,15+. The van der Waals surface area contributed by atoms with Crippen LogP contribution in [0.15, 0.2) is 12.7 Å². The van der Waals surface area contributed by atoms with Gasteiger partial charge in [0, 0.05) is 35.5 Å². The molecule has 2 rings (SSSR count). The van der Waals surface area contributed by atoms with Gasteiger partial charge in [-0.1, -0.05) is 20.4 Å². The summed E-state index contributed by atoms with van der Waals surface area (Å²) in [5, 5.41) is 0. The molecule has 0 N–H and O–H groups in total. The van der Waals surface area contributed by atoms with E-state index in [4.69, 9.17) is 0 Å². The van der Waals surface area contributed by atoms with Crippen molar-refractivity contribution in [3.8, 4) is 0 Å². The number of fused-ring (bicyclic) bond motifs is 1. The van der Waals surface area contributed by atoms with Gasteiger partial charge in [0.15, 0.2) is 0 Å². The van der Waals surface area contributed by atoms with E-state index in [1.165, 1.54) is 6.08 Å². The highest BCUT2D eigenvalue weighted by Gasteiger charge is 2.77. The van der Waals surface area contributed by atoms with Crippen molar-refractivity contribution in [2.24, 2.45) is 10.8 Å². The molecule has 2 aliphatic rings. The average Bonchev–Trinajstić information content (AvgIpc) is 2.54. The number of nitrogens with zero attached hydrogens (tertiary/aromatic N) is 2. The van der Waals surface area contributed by atoms with Crippen LogP contribution in [0.4, 0.5) is 0 Å². The van der Waals surface area contributed by atoms with Crippen LogP contribution < -0.4 is 0 Å². The Morgan fingerprint density at radius 3 is 2.11 bits per heavy atom. The van der Waals surface area contributed by atoms with Gasteiger partial charge in [-0.05, 0) is 33.9 Å². The summed E-state index contributed by atoms with van der Waals surface area (Å²) >= 11 is 0. The van der Waals surface area contributed by atoms with Crippen LogP contribution >= 0.6 is 0 Å². The predicted octanol–water partition coefficient (Wildman–Crippen LogP) is 2.14. The normalized spacial score (nSPS) is 38.8. The predicted molar refractivity (Wildman–Crippen MR) is 74.3 cm³/mol. The van der Waals surface area contributed by atoms with Gasteiger partial charge in [0.05, 0.1) is 0 Å². The fourth-order valence-corrected chi connectivity index (χ4v) is 3.83. The molecule has 1 heterocycles. The zero-order valence-corrected chi connectivity index (χ0v) is 12.6. The summed E-state index contributed by atoms with van der Waals surface area (Å²) < 4.78 is 0. The van der Waals surface area contributed by atoms with Crippen LogP contribution in [-0.4, -0.2) is 47.4 Å². The van der Waals surface area contributed by atoms with Crippen molar-refractivity contribution in [3.63, 3.8) is 0 Å². The maximum Gasteiger partial charge on any atom is 0.245 e.